The molecule has 2 nitrogen and oxygen atoms in total. The number of hydrogen-bond donors (Lipinski definition) is 1. The number of halogens is 2. The van der Waals surface area contributed by atoms with E-state index in [1.165, 1.54) is 12.1 Å². The van der Waals surface area contributed by atoms with Gasteiger partial charge in [0.2, 0.25) is 0 Å². The van der Waals surface area contributed by atoms with Gasteiger partial charge < -0.3 is 5.32 Å². The van der Waals surface area contributed by atoms with Gasteiger partial charge in [-0.05, 0) is 40.7 Å². The molecule has 0 spiro atoms. The largest absolute Gasteiger partial charge is 0.352 e. The van der Waals surface area contributed by atoms with Crippen LogP contribution in [0.15, 0.2) is 22.7 Å². The van der Waals surface area contributed by atoms with Crippen LogP contribution in [0.5, 0.6) is 0 Å². The van der Waals surface area contributed by atoms with Crippen LogP contribution in [0.25, 0.3) is 0 Å². The Labute approximate surface area is 113 Å². The first-order valence-corrected chi connectivity index (χ1v) is 7.39. The lowest BCUT2D eigenvalue weighted by Crippen LogP contribution is -2.26. The highest BCUT2D eigenvalue weighted by Gasteiger charge is 2.12. The van der Waals surface area contributed by atoms with Gasteiger partial charge in [-0.15, -0.1) is 0 Å². The van der Waals surface area contributed by atoms with Crippen molar-refractivity contribution in [1.29, 1.82) is 0 Å². The van der Waals surface area contributed by atoms with Crippen LogP contribution in [-0.4, -0.2) is 24.0 Å². The first kappa shape index (κ1) is 14.5. The topological polar surface area (TPSA) is 29.1 Å². The quantitative estimate of drug-likeness (QED) is 0.900. The highest BCUT2D eigenvalue weighted by atomic mass is 79.9. The molecule has 1 N–H and O–H groups in total. The smallest absolute Gasteiger partial charge is 0.252 e. The van der Waals surface area contributed by atoms with Crippen LogP contribution < -0.4 is 5.32 Å². The Morgan fingerprint density at radius 3 is 2.94 bits per heavy atom. The average molecular weight is 320 g/mol. The van der Waals surface area contributed by atoms with Crippen molar-refractivity contribution in [2.75, 3.05) is 12.8 Å². The van der Waals surface area contributed by atoms with Crippen LogP contribution in [0.2, 0.25) is 0 Å². The first-order valence-electron chi connectivity index (χ1n) is 5.31. The van der Waals surface area contributed by atoms with E-state index >= 15 is 0 Å². The van der Waals surface area contributed by atoms with Gasteiger partial charge >= 0.3 is 0 Å². The van der Waals surface area contributed by atoms with Crippen LogP contribution in [0, 0.1) is 5.82 Å². The minimum Gasteiger partial charge on any atom is -0.352 e. The van der Waals surface area contributed by atoms with E-state index in [0.29, 0.717) is 17.4 Å². The Hall–Kier alpha value is -0.550. The monoisotopic (exact) mass is 319 g/mol. The fourth-order valence-electron chi connectivity index (χ4n) is 1.28. The summed E-state index contributed by atoms with van der Waals surface area (Å²) in [6, 6.07) is 4.44. The number of carbonyl (C=O) groups is 1. The maximum absolute atomic E-state index is 13.2. The number of rotatable bonds is 5. The van der Waals surface area contributed by atoms with Crippen LogP contribution in [0.1, 0.15) is 23.7 Å². The van der Waals surface area contributed by atoms with Gasteiger partial charge in [-0.2, -0.15) is 11.8 Å². The van der Waals surface area contributed by atoms with Gasteiger partial charge in [0.05, 0.1) is 10.0 Å². The molecule has 0 radical (unpaired) electrons. The second-order valence-corrected chi connectivity index (χ2v) is 5.76. The Morgan fingerprint density at radius 2 is 2.29 bits per heavy atom. The van der Waals surface area contributed by atoms with Gasteiger partial charge in [0.15, 0.2) is 0 Å². The lowest BCUT2D eigenvalue weighted by molar-refractivity contribution is 0.0952. The molecule has 0 aliphatic carbocycles. The van der Waals surface area contributed by atoms with E-state index in [2.05, 4.69) is 28.2 Å². The van der Waals surface area contributed by atoms with Gasteiger partial charge in [0.1, 0.15) is 5.82 Å². The summed E-state index contributed by atoms with van der Waals surface area (Å²) in [5, 5.41) is 3.29. The third-order valence-electron chi connectivity index (χ3n) is 2.44. The molecule has 0 saturated carbocycles. The van der Waals surface area contributed by atoms with E-state index in [1.54, 1.807) is 17.8 Å². The van der Waals surface area contributed by atoms with Crippen LogP contribution in [0.3, 0.4) is 0 Å². The molecular weight excluding hydrogens is 305 g/mol. The molecule has 5 heteroatoms. The highest BCUT2D eigenvalue weighted by Crippen LogP contribution is 2.20. The number of hydrogen-bond acceptors (Lipinski definition) is 2. The van der Waals surface area contributed by atoms with Gasteiger partial charge in [-0.1, -0.05) is 13.0 Å². The maximum Gasteiger partial charge on any atom is 0.252 e. The zero-order chi connectivity index (χ0) is 12.8. The van der Waals surface area contributed by atoms with Crippen molar-refractivity contribution >= 4 is 33.6 Å². The summed E-state index contributed by atoms with van der Waals surface area (Å²) >= 11 is 4.83. The predicted molar refractivity (Wildman–Crippen MR) is 74.0 cm³/mol. The highest BCUT2D eigenvalue weighted by molar-refractivity contribution is 9.10. The second kappa shape index (κ2) is 7.01. The molecule has 1 atom stereocenters. The lowest BCUT2D eigenvalue weighted by atomic mass is 10.2. The molecule has 0 fully saturated rings. The molecule has 1 aromatic rings. The Balaban J connectivity index is 2.56. The first-order chi connectivity index (χ1) is 8.06. The molecule has 1 rings (SSSR count). The molecule has 0 aliphatic rings. The summed E-state index contributed by atoms with van der Waals surface area (Å²) in [5.41, 5.74) is 0.335. The third-order valence-corrected chi connectivity index (χ3v) is 4.28. The van der Waals surface area contributed by atoms with E-state index in [0.717, 1.165) is 6.42 Å². The standard InChI is InChI=1S/C12H15BrFNOS/c1-8(17-2)6-7-15-12(16)9-4-3-5-10(14)11(9)13/h3-5,8H,6-7H2,1-2H3,(H,15,16). The molecule has 0 heterocycles. The summed E-state index contributed by atoms with van der Waals surface area (Å²) < 4.78 is 13.4. The molecule has 0 bridgehead atoms. The van der Waals surface area contributed by atoms with Gasteiger partial charge in [-0.25, -0.2) is 4.39 Å². The van der Waals surface area contributed by atoms with E-state index in [-0.39, 0.29) is 10.4 Å². The Morgan fingerprint density at radius 1 is 1.59 bits per heavy atom. The summed E-state index contributed by atoms with van der Waals surface area (Å²) in [7, 11) is 0. The van der Waals surface area contributed by atoms with Crippen molar-refractivity contribution in [3.8, 4) is 0 Å². The Kier molecular flexibility index (Phi) is 5.98. The number of thioether (sulfide) groups is 1. The molecule has 0 aliphatic heterocycles. The molecule has 0 saturated heterocycles. The fraction of sp³-hybridized carbons (Fsp3) is 0.417. The van der Waals surface area contributed by atoms with Crippen molar-refractivity contribution < 1.29 is 9.18 Å². The zero-order valence-electron chi connectivity index (χ0n) is 9.80. The summed E-state index contributed by atoms with van der Waals surface area (Å²) in [4.78, 5) is 11.8. The minimum atomic E-state index is -0.421. The number of nitrogens with one attached hydrogen (secondary N) is 1. The van der Waals surface area contributed by atoms with Crippen molar-refractivity contribution in [3.05, 3.63) is 34.1 Å². The van der Waals surface area contributed by atoms with E-state index in [4.69, 9.17) is 0 Å². The van der Waals surface area contributed by atoms with E-state index in [9.17, 15) is 9.18 Å². The SMILES string of the molecule is CSC(C)CCNC(=O)c1cccc(F)c1Br. The average Bonchev–Trinajstić information content (AvgIpc) is 2.32. The Bertz CT molecular complexity index is 400. The molecule has 94 valence electrons. The number of amides is 1. The van der Waals surface area contributed by atoms with E-state index in [1.807, 2.05) is 6.26 Å². The summed E-state index contributed by atoms with van der Waals surface area (Å²) in [6.07, 6.45) is 2.94. The zero-order valence-corrected chi connectivity index (χ0v) is 12.2. The van der Waals surface area contributed by atoms with Crippen LogP contribution >= 0.6 is 27.7 Å². The molecule has 1 aromatic carbocycles. The van der Waals surface area contributed by atoms with Crippen molar-refractivity contribution in [3.63, 3.8) is 0 Å². The van der Waals surface area contributed by atoms with Gasteiger partial charge in [0.25, 0.3) is 5.91 Å². The van der Waals surface area contributed by atoms with Gasteiger partial charge in [0, 0.05) is 11.8 Å². The predicted octanol–water partition coefficient (Wildman–Crippen LogP) is 3.46. The molecule has 1 unspecified atom stereocenters. The second-order valence-electron chi connectivity index (χ2n) is 3.69. The third kappa shape index (κ3) is 4.32. The lowest BCUT2D eigenvalue weighted by Gasteiger charge is -2.10. The molecular formula is C12H15BrFNOS. The van der Waals surface area contributed by atoms with Crippen LogP contribution in [-0.2, 0) is 0 Å². The number of benzene rings is 1. The van der Waals surface area contributed by atoms with Crippen molar-refractivity contribution in [2.24, 2.45) is 0 Å². The molecule has 0 aromatic heterocycles. The summed E-state index contributed by atoms with van der Waals surface area (Å²) in [5.74, 6) is -0.667. The maximum atomic E-state index is 13.2. The number of carbonyl (C=O) groups excluding carboxylic acids is 1. The molecule has 17 heavy (non-hydrogen) atoms. The van der Waals surface area contributed by atoms with Crippen molar-refractivity contribution in [1.82, 2.24) is 5.32 Å². The summed E-state index contributed by atoms with van der Waals surface area (Å²) in [6.45, 7) is 2.71. The van der Waals surface area contributed by atoms with Gasteiger partial charge in [-0.3, -0.25) is 4.79 Å². The normalized spacial score (nSPS) is 12.2. The fourth-order valence-corrected chi connectivity index (χ4v) is 2.08. The van der Waals surface area contributed by atoms with E-state index < -0.39 is 5.82 Å². The minimum absolute atomic E-state index is 0.218. The molecule has 1 amide bonds. The van der Waals surface area contributed by atoms with Crippen LogP contribution in [0.4, 0.5) is 4.39 Å². The van der Waals surface area contributed by atoms with Crippen molar-refractivity contribution in [2.45, 2.75) is 18.6 Å².